The van der Waals surface area contributed by atoms with E-state index in [-0.39, 0.29) is 0 Å². The standard InChI is InChI=1S/C15H17N5S/c1-9-6-10(2)18-15(17-9)21-8-14-19-12-7-11(16)4-5-13(12)20(14)3/h4-7H,8,16H2,1-3H3. The highest BCUT2D eigenvalue weighted by Gasteiger charge is 2.09. The van der Waals surface area contributed by atoms with E-state index in [1.807, 2.05) is 45.2 Å². The van der Waals surface area contributed by atoms with Gasteiger partial charge in [-0.2, -0.15) is 0 Å². The monoisotopic (exact) mass is 299 g/mol. The van der Waals surface area contributed by atoms with Crippen LogP contribution in [0, 0.1) is 13.8 Å². The summed E-state index contributed by atoms with van der Waals surface area (Å²) >= 11 is 1.60. The van der Waals surface area contributed by atoms with Gasteiger partial charge in [0, 0.05) is 24.1 Å². The van der Waals surface area contributed by atoms with E-state index in [4.69, 9.17) is 5.73 Å². The maximum absolute atomic E-state index is 5.81. The summed E-state index contributed by atoms with van der Waals surface area (Å²) in [6.45, 7) is 3.97. The fraction of sp³-hybridized carbons (Fsp3) is 0.267. The average molecular weight is 299 g/mol. The molecule has 0 radical (unpaired) electrons. The third-order valence-corrected chi connectivity index (χ3v) is 4.13. The van der Waals surface area contributed by atoms with Crippen LogP contribution in [0.15, 0.2) is 29.4 Å². The van der Waals surface area contributed by atoms with E-state index in [0.717, 1.165) is 44.8 Å². The zero-order valence-corrected chi connectivity index (χ0v) is 13.1. The van der Waals surface area contributed by atoms with Crippen LogP contribution >= 0.6 is 11.8 Å². The van der Waals surface area contributed by atoms with Crippen LogP contribution in [0.3, 0.4) is 0 Å². The lowest BCUT2D eigenvalue weighted by atomic mass is 10.3. The maximum atomic E-state index is 5.81. The van der Waals surface area contributed by atoms with Crippen LogP contribution in [0.2, 0.25) is 0 Å². The first-order valence-electron chi connectivity index (χ1n) is 6.69. The van der Waals surface area contributed by atoms with Crippen molar-refractivity contribution in [2.75, 3.05) is 5.73 Å². The van der Waals surface area contributed by atoms with Crippen LogP contribution < -0.4 is 5.73 Å². The van der Waals surface area contributed by atoms with Crippen molar-refractivity contribution < 1.29 is 0 Å². The van der Waals surface area contributed by atoms with Crippen LogP contribution in [0.1, 0.15) is 17.2 Å². The number of thioether (sulfide) groups is 1. The summed E-state index contributed by atoms with van der Waals surface area (Å²) < 4.78 is 2.09. The highest BCUT2D eigenvalue weighted by atomic mass is 32.2. The highest BCUT2D eigenvalue weighted by molar-refractivity contribution is 7.98. The first-order valence-corrected chi connectivity index (χ1v) is 7.67. The van der Waals surface area contributed by atoms with Crippen molar-refractivity contribution >= 4 is 28.5 Å². The molecule has 0 atom stereocenters. The first kappa shape index (κ1) is 13.9. The van der Waals surface area contributed by atoms with Gasteiger partial charge in [-0.15, -0.1) is 0 Å². The van der Waals surface area contributed by atoms with E-state index in [0.29, 0.717) is 0 Å². The Kier molecular flexibility index (Phi) is 3.55. The number of hydrogen-bond donors (Lipinski definition) is 1. The van der Waals surface area contributed by atoms with Crippen LogP contribution in [0.5, 0.6) is 0 Å². The van der Waals surface area contributed by atoms with E-state index in [2.05, 4.69) is 19.5 Å². The number of nitrogen functional groups attached to an aromatic ring is 1. The van der Waals surface area contributed by atoms with Crippen LogP contribution in [-0.4, -0.2) is 19.5 Å². The second-order valence-electron chi connectivity index (χ2n) is 5.06. The smallest absolute Gasteiger partial charge is 0.188 e. The topological polar surface area (TPSA) is 69.6 Å². The van der Waals surface area contributed by atoms with Gasteiger partial charge in [0.15, 0.2) is 5.16 Å². The van der Waals surface area contributed by atoms with Gasteiger partial charge in [0.05, 0.1) is 16.8 Å². The fourth-order valence-electron chi connectivity index (χ4n) is 2.28. The molecule has 2 N–H and O–H groups in total. The van der Waals surface area contributed by atoms with Gasteiger partial charge in [-0.3, -0.25) is 0 Å². The molecule has 2 aromatic heterocycles. The average Bonchev–Trinajstić information content (AvgIpc) is 2.71. The van der Waals surface area contributed by atoms with Crippen molar-refractivity contribution in [1.29, 1.82) is 0 Å². The highest BCUT2D eigenvalue weighted by Crippen LogP contribution is 2.23. The van der Waals surface area contributed by atoms with Crippen molar-refractivity contribution in [3.8, 4) is 0 Å². The number of aryl methyl sites for hydroxylation is 3. The molecule has 21 heavy (non-hydrogen) atoms. The molecular weight excluding hydrogens is 282 g/mol. The van der Waals surface area contributed by atoms with Gasteiger partial charge in [-0.1, -0.05) is 11.8 Å². The number of benzene rings is 1. The van der Waals surface area contributed by atoms with E-state index in [9.17, 15) is 0 Å². The largest absolute Gasteiger partial charge is 0.399 e. The number of hydrogen-bond acceptors (Lipinski definition) is 5. The molecule has 0 saturated carbocycles. The van der Waals surface area contributed by atoms with Gasteiger partial charge in [-0.05, 0) is 38.1 Å². The van der Waals surface area contributed by atoms with E-state index in [1.165, 1.54) is 0 Å². The molecule has 0 unspecified atom stereocenters. The quantitative estimate of drug-likeness (QED) is 0.457. The molecule has 0 aliphatic carbocycles. The molecule has 0 spiro atoms. The lowest BCUT2D eigenvalue weighted by Gasteiger charge is -2.03. The molecule has 3 aromatic rings. The zero-order valence-electron chi connectivity index (χ0n) is 12.3. The maximum Gasteiger partial charge on any atom is 0.188 e. The minimum Gasteiger partial charge on any atom is -0.399 e. The fourth-order valence-corrected chi connectivity index (χ4v) is 3.22. The predicted molar refractivity (Wildman–Crippen MR) is 86.2 cm³/mol. The van der Waals surface area contributed by atoms with Crippen molar-refractivity contribution in [2.45, 2.75) is 24.8 Å². The Labute approximate surface area is 127 Å². The van der Waals surface area contributed by atoms with Crippen molar-refractivity contribution in [1.82, 2.24) is 19.5 Å². The molecule has 0 aliphatic heterocycles. The number of nitrogens with two attached hydrogens (primary N) is 1. The molecule has 1 aromatic carbocycles. The van der Waals surface area contributed by atoms with Crippen LogP contribution in [0.25, 0.3) is 11.0 Å². The first-order chi connectivity index (χ1) is 10.0. The van der Waals surface area contributed by atoms with Gasteiger partial charge in [0.2, 0.25) is 0 Å². The Bertz CT molecular complexity index is 789. The Balaban J connectivity index is 1.86. The van der Waals surface area contributed by atoms with Crippen molar-refractivity contribution in [2.24, 2.45) is 7.05 Å². The SMILES string of the molecule is Cc1cc(C)nc(SCc2nc3cc(N)ccc3n2C)n1. The Morgan fingerprint density at radius 3 is 2.52 bits per heavy atom. The van der Waals surface area contributed by atoms with Gasteiger partial charge in [0.1, 0.15) is 5.82 Å². The molecule has 0 bridgehead atoms. The Morgan fingerprint density at radius 1 is 1.10 bits per heavy atom. The molecule has 108 valence electrons. The summed E-state index contributed by atoms with van der Waals surface area (Å²) in [5.41, 5.74) is 10.5. The van der Waals surface area contributed by atoms with Gasteiger partial charge in [-0.25, -0.2) is 15.0 Å². The van der Waals surface area contributed by atoms with Crippen LogP contribution in [-0.2, 0) is 12.8 Å². The summed E-state index contributed by atoms with van der Waals surface area (Å²) in [4.78, 5) is 13.5. The lowest BCUT2D eigenvalue weighted by Crippen LogP contribution is -1.98. The second-order valence-corrected chi connectivity index (χ2v) is 6.00. The van der Waals surface area contributed by atoms with Gasteiger partial charge in [0.25, 0.3) is 0 Å². The van der Waals surface area contributed by atoms with Crippen LogP contribution in [0.4, 0.5) is 5.69 Å². The number of fused-ring (bicyclic) bond motifs is 1. The van der Waals surface area contributed by atoms with E-state index >= 15 is 0 Å². The third-order valence-electron chi connectivity index (χ3n) is 3.29. The summed E-state index contributed by atoms with van der Waals surface area (Å²) in [5, 5.41) is 0.791. The molecule has 0 amide bonds. The predicted octanol–water partition coefficient (Wildman–Crippen LogP) is 2.85. The number of anilines is 1. The second kappa shape index (κ2) is 5.37. The van der Waals surface area contributed by atoms with E-state index < -0.39 is 0 Å². The lowest BCUT2D eigenvalue weighted by molar-refractivity contribution is 0.866. The molecule has 0 aliphatic rings. The number of nitrogens with zero attached hydrogens (tertiary/aromatic N) is 4. The molecule has 0 saturated heterocycles. The van der Waals surface area contributed by atoms with Crippen molar-refractivity contribution in [3.05, 3.63) is 41.5 Å². The van der Waals surface area contributed by atoms with Gasteiger partial charge >= 0.3 is 0 Å². The molecule has 3 rings (SSSR count). The zero-order chi connectivity index (χ0) is 15.0. The number of imidazole rings is 1. The summed E-state index contributed by atoms with van der Waals surface area (Å²) in [5.74, 6) is 1.72. The number of aromatic nitrogens is 4. The molecule has 2 heterocycles. The Hall–Kier alpha value is -2.08. The van der Waals surface area contributed by atoms with Gasteiger partial charge < -0.3 is 10.3 Å². The van der Waals surface area contributed by atoms with E-state index in [1.54, 1.807) is 11.8 Å². The summed E-state index contributed by atoms with van der Waals surface area (Å²) in [7, 11) is 2.02. The molecule has 5 nitrogen and oxygen atoms in total. The Morgan fingerprint density at radius 2 is 1.81 bits per heavy atom. The minimum absolute atomic E-state index is 0.730. The normalized spacial score (nSPS) is 11.2. The number of rotatable bonds is 3. The molecule has 6 heteroatoms. The van der Waals surface area contributed by atoms with Crippen molar-refractivity contribution in [3.63, 3.8) is 0 Å². The molecular formula is C15H17N5S. The summed E-state index contributed by atoms with van der Waals surface area (Å²) in [6, 6.07) is 7.77. The molecule has 0 fully saturated rings. The third kappa shape index (κ3) is 2.85. The minimum atomic E-state index is 0.730. The summed E-state index contributed by atoms with van der Waals surface area (Å²) in [6.07, 6.45) is 0.